The lowest BCUT2D eigenvalue weighted by Crippen LogP contribution is -2.41. The molecule has 2 heterocycles. The molecule has 0 spiro atoms. The number of carbonyl (C=O) groups excluding carboxylic acids is 2. The van der Waals surface area contributed by atoms with Gasteiger partial charge in [0, 0.05) is 25.8 Å². The predicted molar refractivity (Wildman–Crippen MR) is 71.7 cm³/mol. The SMILES string of the molecule is Cc1cccnc1NC(=O)C(=O)N1CCCNCC1. The first-order valence-corrected chi connectivity index (χ1v) is 6.41. The molecule has 0 aliphatic carbocycles. The number of amides is 2. The zero-order chi connectivity index (χ0) is 13.7. The molecule has 0 aromatic carbocycles. The van der Waals surface area contributed by atoms with E-state index < -0.39 is 11.8 Å². The number of pyridine rings is 1. The molecule has 19 heavy (non-hydrogen) atoms. The van der Waals surface area contributed by atoms with Gasteiger partial charge < -0.3 is 15.5 Å². The van der Waals surface area contributed by atoms with Gasteiger partial charge in [0.15, 0.2) is 0 Å². The topological polar surface area (TPSA) is 74.3 Å². The summed E-state index contributed by atoms with van der Waals surface area (Å²) in [5, 5.41) is 5.76. The van der Waals surface area contributed by atoms with Crippen molar-refractivity contribution in [3.63, 3.8) is 0 Å². The molecular weight excluding hydrogens is 244 g/mol. The van der Waals surface area contributed by atoms with Crippen LogP contribution in [0.15, 0.2) is 18.3 Å². The molecule has 0 atom stereocenters. The second kappa shape index (κ2) is 6.29. The highest BCUT2D eigenvalue weighted by molar-refractivity contribution is 6.39. The van der Waals surface area contributed by atoms with Crippen LogP contribution in [0.1, 0.15) is 12.0 Å². The maximum Gasteiger partial charge on any atom is 0.315 e. The lowest BCUT2D eigenvalue weighted by Gasteiger charge is -2.19. The van der Waals surface area contributed by atoms with E-state index in [1.165, 1.54) is 0 Å². The summed E-state index contributed by atoms with van der Waals surface area (Å²) in [5.74, 6) is -0.675. The Morgan fingerprint density at radius 2 is 2.21 bits per heavy atom. The van der Waals surface area contributed by atoms with Crippen molar-refractivity contribution in [2.75, 3.05) is 31.5 Å². The summed E-state index contributed by atoms with van der Waals surface area (Å²) in [6, 6.07) is 3.62. The first kappa shape index (κ1) is 13.5. The van der Waals surface area contributed by atoms with Gasteiger partial charge in [0.05, 0.1) is 0 Å². The highest BCUT2D eigenvalue weighted by Gasteiger charge is 2.23. The summed E-state index contributed by atoms with van der Waals surface area (Å²) >= 11 is 0. The van der Waals surface area contributed by atoms with E-state index in [2.05, 4.69) is 15.6 Å². The summed E-state index contributed by atoms with van der Waals surface area (Å²) in [6.45, 7) is 4.61. The zero-order valence-corrected chi connectivity index (χ0v) is 11.0. The van der Waals surface area contributed by atoms with E-state index in [4.69, 9.17) is 0 Å². The van der Waals surface area contributed by atoms with Crippen LogP contribution in [0, 0.1) is 6.92 Å². The monoisotopic (exact) mass is 262 g/mol. The van der Waals surface area contributed by atoms with Crippen LogP contribution in [0.5, 0.6) is 0 Å². The van der Waals surface area contributed by atoms with Crippen LogP contribution < -0.4 is 10.6 Å². The van der Waals surface area contributed by atoms with Gasteiger partial charge in [0.1, 0.15) is 5.82 Å². The summed E-state index contributed by atoms with van der Waals surface area (Å²) in [7, 11) is 0. The molecule has 0 radical (unpaired) electrons. The molecule has 6 heteroatoms. The number of aryl methyl sites for hydroxylation is 1. The molecule has 0 saturated carbocycles. The van der Waals surface area contributed by atoms with Crippen LogP contribution in [0.4, 0.5) is 5.82 Å². The van der Waals surface area contributed by atoms with Gasteiger partial charge in [-0.15, -0.1) is 0 Å². The highest BCUT2D eigenvalue weighted by atomic mass is 16.2. The quantitative estimate of drug-likeness (QED) is 0.707. The van der Waals surface area contributed by atoms with Gasteiger partial charge >= 0.3 is 11.8 Å². The maximum atomic E-state index is 12.0. The third kappa shape index (κ3) is 3.51. The van der Waals surface area contributed by atoms with Crippen molar-refractivity contribution >= 4 is 17.6 Å². The lowest BCUT2D eigenvalue weighted by atomic mass is 10.3. The second-order valence-corrected chi connectivity index (χ2v) is 4.52. The third-order valence-electron chi connectivity index (χ3n) is 3.06. The van der Waals surface area contributed by atoms with E-state index >= 15 is 0 Å². The van der Waals surface area contributed by atoms with E-state index in [9.17, 15) is 9.59 Å². The molecule has 1 aliphatic rings. The number of nitrogens with zero attached hydrogens (tertiary/aromatic N) is 2. The number of aromatic nitrogens is 1. The molecular formula is C13H18N4O2. The lowest BCUT2D eigenvalue weighted by molar-refractivity contribution is -0.143. The molecule has 2 N–H and O–H groups in total. The summed E-state index contributed by atoms with van der Waals surface area (Å²) in [5.41, 5.74) is 0.834. The Balaban J connectivity index is 1.99. The molecule has 0 bridgehead atoms. The van der Waals surface area contributed by atoms with Crippen molar-refractivity contribution in [2.45, 2.75) is 13.3 Å². The van der Waals surface area contributed by atoms with E-state index in [1.54, 1.807) is 17.2 Å². The summed E-state index contributed by atoms with van der Waals surface area (Å²) in [6.07, 6.45) is 2.45. The zero-order valence-electron chi connectivity index (χ0n) is 11.0. The average Bonchev–Trinajstić information content (AvgIpc) is 2.69. The Morgan fingerprint density at radius 3 is 3.00 bits per heavy atom. The van der Waals surface area contributed by atoms with E-state index in [0.717, 1.165) is 25.1 Å². The van der Waals surface area contributed by atoms with Crippen LogP contribution in [0.3, 0.4) is 0 Å². The van der Waals surface area contributed by atoms with Gasteiger partial charge in [-0.05, 0) is 31.5 Å². The second-order valence-electron chi connectivity index (χ2n) is 4.52. The largest absolute Gasteiger partial charge is 0.333 e. The fraction of sp³-hybridized carbons (Fsp3) is 0.462. The van der Waals surface area contributed by atoms with Crippen molar-refractivity contribution in [1.29, 1.82) is 0 Å². The molecule has 0 unspecified atom stereocenters. The van der Waals surface area contributed by atoms with Gasteiger partial charge in [-0.3, -0.25) is 9.59 Å². The van der Waals surface area contributed by atoms with Gasteiger partial charge in [-0.1, -0.05) is 6.07 Å². The van der Waals surface area contributed by atoms with Crippen LogP contribution in [-0.2, 0) is 9.59 Å². The Morgan fingerprint density at radius 1 is 1.37 bits per heavy atom. The van der Waals surface area contributed by atoms with E-state index in [-0.39, 0.29) is 0 Å². The smallest absolute Gasteiger partial charge is 0.315 e. The number of carbonyl (C=O) groups is 2. The summed E-state index contributed by atoms with van der Waals surface area (Å²) < 4.78 is 0. The highest BCUT2D eigenvalue weighted by Crippen LogP contribution is 2.09. The Hall–Kier alpha value is -1.95. The molecule has 6 nitrogen and oxygen atoms in total. The van der Waals surface area contributed by atoms with E-state index in [1.807, 2.05) is 13.0 Å². The third-order valence-corrected chi connectivity index (χ3v) is 3.06. The van der Waals surface area contributed by atoms with Crippen LogP contribution in [-0.4, -0.2) is 47.9 Å². The average molecular weight is 262 g/mol. The molecule has 102 valence electrons. The molecule has 1 aromatic rings. The number of anilines is 1. The van der Waals surface area contributed by atoms with Crippen molar-refractivity contribution in [1.82, 2.24) is 15.2 Å². The molecule has 1 aliphatic heterocycles. The molecule has 2 amide bonds. The minimum Gasteiger partial charge on any atom is -0.333 e. The number of nitrogens with one attached hydrogen (secondary N) is 2. The van der Waals surface area contributed by atoms with Crippen LogP contribution >= 0.6 is 0 Å². The molecule has 1 aromatic heterocycles. The van der Waals surface area contributed by atoms with Crippen molar-refractivity contribution in [2.24, 2.45) is 0 Å². The normalized spacial score (nSPS) is 15.7. The first-order valence-electron chi connectivity index (χ1n) is 6.41. The first-order chi connectivity index (χ1) is 9.18. The van der Waals surface area contributed by atoms with E-state index in [0.29, 0.717) is 18.9 Å². The fourth-order valence-corrected chi connectivity index (χ4v) is 1.97. The van der Waals surface area contributed by atoms with Crippen molar-refractivity contribution in [3.8, 4) is 0 Å². The fourth-order valence-electron chi connectivity index (χ4n) is 1.97. The van der Waals surface area contributed by atoms with Gasteiger partial charge in [-0.25, -0.2) is 4.98 Å². The molecule has 1 fully saturated rings. The Bertz CT molecular complexity index is 467. The van der Waals surface area contributed by atoms with Gasteiger partial charge in [0.2, 0.25) is 0 Å². The number of rotatable bonds is 1. The van der Waals surface area contributed by atoms with Crippen molar-refractivity contribution < 1.29 is 9.59 Å². The van der Waals surface area contributed by atoms with Gasteiger partial charge in [0.25, 0.3) is 0 Å². The molecule has 1 saturated heterocycles. The van der Waals surface area contributed by atoms with Gasteiger partial charge in [-0.2, -0.15) is 0 Å². The Labute approximate surface area is 112 Å². The van der Waals surface area contributed by atoms with Crippen LogP contribution in [0.2, 0.25) is 0 Å². The maximum absolute atomic E-state index is 12.0. The number of hydrogen-bond donors (Lipinski definition) is 2. The molecule has 2 rings (SSSR count). The standard InChI is InChI=1S/C13H18N4O2/c1-10-4-2-6-15-11(10)16-12(18)13(19)17-8-3-5-14-7-9-17/h2,4,6,14H,3,5,7-9H2,1H3,(H,15,16,18). The number of hydrogen-bond acceptors (Lipinski definition) is 4. The minimum absolute atomic E-state index is 0.439. The predicted octanol–water partition coefficient (Wildman–Crippen LogP) is 0.150. The van der Waals surface area contributed by atoms with Crippen molar-refractivity contribution in [3.05, 3.63) is 23.9 Å². The van der Waals surface area contributed by atoms with Crippen LogP contribution in [0.25, 0.3) is 0 Å². The minimum atomic E-state index is -0.622. The summed E-state index contributed by atoms with van der Waals surface area (Å²) in [4.78, 5) is 29.6. The Kier molecular flexibility index (Phi) is 4.46.